The maximum atomic E-state index is 9.43. The van der Waals surface area contributed by atoms with Crippen LogP contribution in [0.4, 0.5) is 0 Å². The Hall–Kier alpha value is -0.120. The maximum absolute atomic E-state index is 9.43. The third kappa shape index (κ3) is 2.94. The number of aliphatic hydroxyl groups excluding tert-OH is 1. The van der Waals surface area contributed by atoms with Gasteiger partial charge in [0.05, 0.1) is 13.2 Å². The highest BCUT2D eigenvalue weighted by atomic mass is 16.5. The predicted octanol–water partition coefficient (Wildman–Crippen LogP) is 1.16. The van der Waals surface area contributed by atoms with Crippen LogP contribution in [0, 0.1) is 5.92 Å². The second-order valence-corrected chi connectivity index (χ2v) is 4.38. The molecule has 1 aliphatic carbocycles. The first-order valence-electron chi connectivity index (χ1n) is 5.61. The van der Waals surface area contributed by atoms with Crippen LogP contribution >= 0.6 is 0 Å². The van der Waals surface area contributed by atoms with Gasteiger partial charge in [0.15, 0.2) is 0 Å². The third-order valence-corrected chi connectivity index (χ3v) is 3.40. The van der Waals surface area contributed by atoms with E-state index >= 15 is 0 Å². The van der Waals surface area contributed by atoms with Crippen molar-refractivity contribution < 1.29 is 9.84 Å². The van der Waals surface area contributed by atoms with Crippen molar-refractivity contribution in [3.8, 4) is 0 Å². The number of hydrogen-bond donors (Lipinski definition) is 2. The minimum atomic E-state index is -0.0147. The molecule has 2 N–H and O–H groups in total. The average Bonchev–Trinajstić information content (AvgIpc) is 2.63. The van der Waals surface area contributed by atoms with E-state index < -0.39 is 0 Å². The largest absolute Gasteiger partial charge is 0.394 e. The molecule has 0 bridgehead atoms. The van der Waals surface area contributed by atoms with Gasteiger partial charge in [0.2, 0.25) is 0 Å². The summed E-state index contributed by atoms with van der Waals surface area (Å²) in [6.45, 7) is 4.05. The first kappa shape index (κ1) is 12.0. The summed E-state index contributed by atoms with van der Waals surface area (Å²) < 4.78 is 5.00. The molecule has 1 fully saturated rings. The Labute approximate surface area is 86.8 Å². The summed E-state index contributed by atoms with van der Waals surface area (Å²) in [6, 6.07) is 0. The predicted molar refractivity (Wildman–Crippen MR) is 57.3 cm³/mol. The van der Waals surface area contributed by atoms with Gasteiger partial charge >= 0.3 is 0 Å². The van der Waals surface area contributed by atoms with Crippen molar-refractivity contribution in [2.45, 2.75) is 38.1 Å². The first-order chi connectivity index (χ1) is 6.76. The molecule has 2 atom stereocenters. The lowest BCUT2D eigenvalue weighted by Crippen LogP contribution is -2.47. The summed E-state index contributed by atoms with van der Waals surface area (Å²) in [4.78, 5) is 0. The Kier molecular flexibility index (Phi) is 4.85. The average molecular weight is 201 g/mol. The smallest absolute Gasteiger partial charge is 0.0613 e. The van der Waals surface area contributed by atoms with E-state index in [1.807, 2.05) is 0 Å². The van der Waals surface area contributed by atoms with Gasteiger partial charge in [-0.2, -0.15) is 0 Å². The summed E-state index contributed by atoms with van der Waals surface area (Å²) in [5.74, 6) is 0.789. The molecular formula is C11H23NO2. The fourth-order valence-electron chi connectivity index (χ4n) is 2.36. The first-order valence-corrected chi connectivity index (χ1v) is 5.61. The Balaban J connectivity index is 2.35. The van der Waals surface area contributed by atoms with E-state index in [1.165, 1.54) is 12.8 Å². The zero-order chi connectivity index (χ0) is 10.4. The molecule has 0 heterocycles. The molecule has 1 aliphatic rings. The van der Waals surface area contributed by atoms with Gasteiger partial charge in [-0.3, -0.25) is 0 Å². The minimum Gasteiger partial charge on any atom is -0.394 e. The van der Waals surface area contributed by atoms with Crippen molar-refractivity contribution >= 4 is 0 Å². The van der Waals surface area contributed by atoms with Crippen molar-refractivity contribution in [3.63, 3.8) is 0 Å². The van der Waals surface area contributed by atoms with Gasteiger partial charge in [-0.25, -0.2) is 0 Å². The molecule has 2 unspecified atom stereocenters. The normalized spacial score (nSPS) is 32.4. The van der Waals surface area contributed by atoms with Crippen LogP contribution in [0.2, 0.25) is 0 Å². The third-order valence-electron chi connectivity index (χ3n) is 3.40. The fraction of sp³-hybridized carbons (Fsp3) is 1.00. The molecule has 0 amide bonds. The summed E-state index contributed by atoms with van der Waals surface area (Å²) in [6.07, 6.45) is 4.69. The van der Waals surface area contributed by atoms with Gasteiger partial charge in [0, 0.05) is 19.2 Å². The Morgan fingerprint density at radius 1 is 1.57 bits per heavy atom. The fourth-order valence-corrected chi connectivity index (χ4v) is 2.36. The lowest BCUT2D eigenvalue weighted by atomic mass is 9.96. The standard InChI is InChI=1S/C11H23NO2/c1-3-10-4-5-11(8-10,9-13)12-6-7-14-2/h10,12-13H,3-9H2,1-2H3. The van der Waals surface area contributed by atoms with Crippen molar-refractivity contribution in [3.05, 3.63) is 0 Å². The molecule has 0 aromatic carbocycles. The number of nitrogens with one attached hydrogen (secondary N) is 1. The van der Waals surface area contributed by atoms with E-state index in [-0.39, 0.29) is 12.1 Å². The molecule has 84 valence electrons. The highest BCUT2D eigenvalue weighted by molar-refractivity contribution is 4.95. The highest BCUT2D eigenvalue weighted by Gasteiger charge is 2.37. The zero-order valence-electron chi connectivity index (χ0n) is 9.38. The number of hydrogen-bond acceptors (Lipinski definition) is 3. The molecule has 3 heteroatoms. The van der Waals surface area contributed by atoms with E-state index in [4.69, 9.17) is 4.74 Å². The number of ether oxygens (including phenoxy) is 1. The Morgan fingerprint density at radius 2 is 2.36 bits per heavy atom. The van der Waals surface area contributed by atoms with Crippen LogP contribution in [-0.2, 0) is 4.74 Å². The summed E-state index contributed by atoms with van der Waals surface area (Å²) >= 11 is 0. The van der Waals surface area contributed by atoms with Gasteiger partial charge in [0.25, 0.3) is 0 Å². The van der Waals surface area contributed by atoms with Crippen LogP contribution in [0.1, 0.15) is 32.6 Å². The molecule has 0 spiro atoms. The molecule has 0 radical (unpaired) electrons. The van der Waals surface area contributed by atoms with Gasteiger partial charge in [-0.05, 0) is 25.2 Å². The van der Waals surface area contributed by atoms with Crippen molar-refractivity contribution in [1.29, 1.82) is 0 Å². The van der Waals surface area contributed by atoms with Crippen LogP contribution in [0.15, 0.2) is 0 Å². The summed E-state index contributed by atoms with van der Waals surface area (Å²) in [7, 11) is 1.71. The molecular weight excluding hydrogens is 178 g/mol. The second kappa shape index (κ2) is 5.69. The van der Waals surface area contributed by atoms with Crippen LogP contribution in [0.5, 0.6) is 0 Å². The zero-order valence-corrected chi connectivity index (χ0v) is 9.38. The molecule has 3 nitrogen and oxygen atoms in total. The number of methoxy groups -OCH3 is 1. The summed E-state index contributed by atoms with van der Waals surface area (Å²) in [5.41, 5.74) is -0.0147. The SMILES string of the molecule is CCC1CCC(CO)(NCCOC)C1. The number of aliphatic hydroxyl groups is 1. The van der Waals surface area contributed by atoms with E-state index in [0.717, 1.165) is 31.9 Å². The van der Waals surface area contributed by atoms with Gasteiger partial charge in [-0.1, -0.05) is 13.3 Å². The second-order valence-electron chi connectivity index (χ2n) is 4.38. The monoisotopic (exact) mass is 201 g/mol. The van der Waals surface area contributed by atoms with Gasteiger partial charge < -0.3 is 15.2 Å². The van der Waals surface area contributed by atoms with Crippen molar-refractivity contribution in [2.75, 3.05) is 26.9 Å². The van der Waals surface area contributed by atoms with Crippen molar-refractivity contribution in [1.82, 2.24) is 5.32 Å². The highest BCUT2D eigenvalue weighted by Crippen LogP contribution is 2.35. The van der Waals surface area contributed by atoms with E-state index in [2.05, 4.69) is 12.2 Å². The van der Waals surface area contributed by atoms with Crippen molar-refractivity contribution in [2.24, 2.45) is 5.92 Å². The Morgan fingerprint density at radius 3 is 2.86 bits per heavy atom. The summed E-state index contributed by atoms with van der Waals surface area (Å²) in [5, 5.41) is 12.9. The van der Waals surface area contributed by atoms with Crippen LogP contribution in [0.25, 0.3) is 0 Å². The molecule has 1 rings (SSSR count). The molecule has 1 saturated carbocycles. The maximum Gasteiger partial charge on any atom is 0.0613 e. The van der Waals surface area contributed by atoms with E-state index in [1.54, 1.807) is 7.11 Å². The molecule has 0 aromatic heterocycles. The van der Waals surface area contributed by atoms with E-state index in [0.29, 0.717) is 0 Å². The van der Waals surface area contributed by atoms with Crippen LogP contribution in [0.3, 0.4) is 0 Å². The topological polar surface area (TPSA) is 41.5 Å². The molecule has 0 saturated heterocycles. The Bertz CT molecular complexity index is 163. The molecule has 14 heavy (non-hydrogen) atoms. The van der Waals surface area contributed by atoms with Crippen LogP contribution in [-0.4, -0.2) is 37.5 Å². The lowest BCUT2D eigenvalue weighted by molar-refractivity contribution is 0.138. The molecule has 0 aromatic rings. The lowest BCUT2D eigenvalue weighted by Gasteiger charge is -2.28. The quantitative estimate of drug-likeness (QED) is 0.634. The number of rotatable bonds is 6. The minimum absolute atomic E-state index is 0.0147. The van der Waals surface area contributed by atoms with Gasteiger partial charge in [-0.15, -0.1) is 0 Å². The van der Waals surface area contributed by atoms with E-state index in [9.17, 15) is 5.11 Å². The molecule has 0 aliphatic heterocycles. The van der Waals surface area contributed by atoms with Gasteiger partial charge in [0.1, 0.15) is 0 Å². The van der Waals surface area contributed by atoms with Crippen LogP contribution < -0.4 is 5.32 Å².